The third-order valence-corrected chi connectivity index (χ3v) is 5.10. The maximum atomic E-state index is 11.9. The average Bonchev–Trinajstić information content (AvgIpc) is 2.87. The van der Waals surface area contributed by atoms with Crippen LogP contribution < -0.4 is 10.6 Å². The number of nitriles is 1. The van der Waals surface area contributed by atoms with E-state index in [0.29, 0.717) is 63.7 Å². The van der Waals surface area contributed by atoms with E-state index in [0.717, 1.165) is 12.8 Å². The Hall–Kier alpha value is -2.77. The van der Waals surface area contributed by atoms with Crippen molar-refractivity contribution in [3.8, 4) is 6.07 Å². The lowest BCUT2D eigenvalue weighted by molar-refractivity contribution is -0.137. The maximum absolute atomic E-state index is 11.9. The number of methoxy groups -OCH3 is 2. The number of unbranched alkanes of at least 4 members (excludes halogenated alkanes) is 4. The average molecular weight is 606 g/mol. The van der Waals surface area contributed by atoms with Crippen LogP contribution in [0.2, 0.25) is 0 Å². The number of carbonyl (C=O) groups is 4. The van der Waals surface area contributed by atoms with E-state index >= 15 is 0 Å². The Morgan fingerprint density at radius 1 is 0.800 bits per heavy atom. The number of nitrogens with one attached hydrogen (secondary N) is 2. The third-order valence-electron chi connectivity index (χ3n) is 4.10. The molecule has 0 bridgehead atoms. The molecule has 40 heavy (non-hydrogen) atoms. The number of carboxylic acid groups (broad SMARTS) is 1. The van der Waals surface area contributed by atoms with Crippen molar-refractivity contribution in [2.45, 2.75) is 64.5 Å². The van der Waals surface area contributed by atoms with Crippen LogP contribution in [0.25, 0.3) is 0 Å². The van der Waals surface area contributed by atoms with Gasteiger partial charge < -0.3 is 34.7 Å². The van der Waals surface area contributed by atoms with Crippen LogP contribution in [-0.2, 0) is 28.5 Å². The minimum Gasteiger partial charge on any atom is -0.481 e. The van der Waals surface area contributed by atoms with Gasteiger partial charge in [-0.3, -0.25) is 9.59 Å². The first-order valence-corrected chi connectivity index (χ1v) is 13.5. The standard InChI is InChI=1S/C12H20F3NO4S.C10H19NO5.C2H3N/c1-19-7-8-20-11(18)16-6-4-2-3-5-10(17)21-9-12(13,14)15;1-15-7-8-16-10(14)11-6-4-2-3-5-9(12)13;1-2-3/h2-9H2,1H3,(H,16,18);2-8H2,1H3,(H,11,14)(H,12,13);1H3. The molecule has 0 heterocycles. The number of amides is 2. The van der Waals surface area contributed by atoms with Crippen LogP contribution in [-0.4, -0.2) is 94.0 Å². The molecule has 0 saturated heterocycles. The molecule has 0 saturated carbocycles. The SMILES string of the molecule is CC#N.COCCOC(=O)NCCCCCC(=O)O.COCCOC(=O)NCCCCCC(=O)SCC(F)(F)F. The highest BCUT2D eigenvalue weighted by Crippen LogP contribution is 2.22. The van der Waals surface area contributed by atoms with Crippen molar-refractivity contribution in [2.75, 3.05) is 59.5 Å². The zero-order valence-corrected chi connectivity index (χ0v) is 24.1. The second-order valence-corrected chi connectivity index (χ2v) is 8.66. The van der Waals surface area contributed by atoms with E-state index in [2.05, 4.69) is 10.6 Å². The van der Waals surface area contributed by atoms with E-state index in [1.807, 2.05) is 0 Å². The molecule has 3 N–H and O–H groups in total. The molecule has 0 aliphatic rings. The summed E-state index contributed by atoms with van der Waals surface area (Å²) in [5, 5.41) is 20.3. The van der Waals surface area contributed by atoms with Crippen molar-refractivity contribution in [3.63, 3.8) is 0 Å². The van der Waals surface area contributed by atoms with Gasteiger partial charge in [0.1, 0.15) is 13.2 Å². The van der Waals surface area contributed by atoms with Gasteiger partial charge in [-0.05, 0) is 25.7 Å². The van der Waals surface area contributed by atoms with Gasteiger partial charge in [0.15, 0.2) is 5.12 Å². The fourth-order valence-corrected chi connectivity index (χ4v) is 2.92. The normalized spacial score (nSPS) is 10.0. The molecule has 12 nitrogen and oxygen atoms in total. The second kappa shape index (κ2) is 30.8. The molecule has 0 atom stereocenters. The van der Waals surface area contributed by atoms with Crippen molar-refractivity contribution in [1.29, 1.82) is 5.26 Å². The van der Waals surface area contributed by atoms with Crippen molar-refractivity contribution in [1.82, 2.24) is 10.6 Å². The summed E-state index contributed by atoms with van der Waals surface area (Å²) in [5.74, 6) is -1.92. The van der Waals surface area contributed by atoms with Crippen molar-refractivity contribution < 1.29 is 56.4 Å². The summed E-state index contributed by atoms with van der Waals surface area (Å²) in [6.45, 7) is 3.45. The fourth-order valence-electron chi connectivity index (χ4n) is 2.30. The highest BCUT2D eigenvalue weighted by atomic mass is 32.2. The monoisotopic (exact) mass is 605 g/mol. The minimum atomic E-state index is -4.31. The molecular weight excluding hydrogens is 563 g/mol. The molecule has 2 amide bonds. The van der Waals surface area contributed by atoms with Gasteiger partial charge in [-0.1, -0.05) is 24.6 Å². The number of aliphatic carboxylic acids is 1. The molecule has 0 spiro atoms. The summed E-state index contributed by atoms with van der Waals surface area (Å²) < 4.78 is 54.5. The predicted molar refractivity (Wildman–Crippen MR) is 142 cm³/mol. The topological polar surface area (TPSA) is 173 Å². The highest BCUT2D eigenvalue weighted by molar-refractivity contribution is 8.13. The minimum absolute atomic E-state index is 0.110. The zero-order chi connectivity index (χ0) is 31.1. The number of nitrogens with zero attached hydrogens (tertiary/aromatic N) is 1. The number of hydrogen-bond donors (Lipinski definition) is 3. The Labute approximate surface area is 237 Å². The summed E-state index contributed by atoms with van der Waals surface area (Å²) in [7, 11) is 3.03. The lowest BCUT2D eigenvalue weighted by Crippen LogP contribution is -2.26. The quantitative estimate of drug-likeness (QED) is 0.179. The van der Waals surface area contributed by atoms with Crippen LogP contribution >= 0.6 is 11.8 Å². The van der Waals surface area contributed by atoms with E-state index < -0.39 is 35.2 Å². The largest absolute Gasteiger partial charge is 0.481 e. The van der Waals surface area contributed by atoms with E-state index in [1.165, 1.54) is 21.1 Å². The molecule has 0 radical (unpaired) electrons. The van der Waals surface area contributed by atoms with Gasteiger partial charge in [-0.2, -0.15) is 18.4 Å². The van der Waals surface area contributed by atoms with Crippen LogP contribution in [0.5, 0.6) is 0 Å². The smallest absolute Gasteiger partial charge is 0.407 e. The van der Waals surface area contributed by atoms with Gasteiger partial charge in [-0.15, -0.1) is 0 Å². The molecule has 0 aliphatic carbocycles. The van der Waals surface area contributed by atoms with Gasteiger partial charge in [0.05, 0.1) is 25.0 Å². The van der Waals surface area contributed by atoms with Gasteiger partial charge in [0.25, 0.3) is 0 Å². The molecule has 0 unspecified atom stereocenters. The first-order chi connectivity index (χ1) is 18.9. The van der Waals surface area contributed by atoms with E-state index in [1.54, 1.807) is 6.07 Å². The Morgan fingerprint density at radius 3 is 1.60 bits per heavy atom. The Morgan fingerprint density at radius 2 is 1.23 bits per heavy atom. The molecular formula is C24H42F3N3O9S. The molecule has 0 aromatic heterocycles. The number of halogens is 3. The van der Waals surface area contributed by atoms with Gasteiger partial charge in [0.2, 0.25) is 0 Å². The molecule has 16 heteroatoms. The summed E-state index contributed by atoms with van der Waals surface area (Å²) in [6.07, 6.45) is -1.06. The lowest BCUT2D eigenvalue weighted by Gasteiger charge is -2.06. The van der Waals surface area contributed by atoms with Crippen molar-refractivity contribution in [3.05, 3.63) is 0 Å². The fraction of sp³-hybridized carbons (Fsp3) is 0.792. The highest BCUT2D eigenvalue weighted by Gasteiger charge is 2.28. The molecule has 0 fully saturated rings. The van der Waals surface area contributed by atoms with E-state index in [4.69, 9.17) is 29.3 Å². The zero-order valence-electron chi connectivity index (χ0n) is 23.3. The van der Waals surface area contributed by atoms with Gasteiger partial charge in [0, 0.05) is 47.1 Å². The third kappa shape index (κ3) is 42.3. The summed E-state index contributed by atoms with van der Waals surface area (Å²) in [4.78, 5) is 43.4. The Bertz CT molecular complexity index is 709. The number of hydrogen-bond acceptors (Lipinski definition) is 10. The molecule has 0 aromatic rings. The number of ether oxygens (including phenoxy) is 4. The van der Waals surface area contributed by atoms with E-state index in [9.17, 15) is 32.3 Å². The Kier molecular flexibility index (Phi) is 32.1. The van der Waals surface area contributed by atoms with Crippen molar-refractivity contribution in [2.24, 2.45) is 0 Å². The molecule has 234 valence electrons. The number of carboxylic acids is 1. The molecule has 0 aromatic carbocycles. The predicted octanol–water partition coefficient (Wildman–Crippen LogP) is 4.28. The van der Waals surface area contributed by atoms with Crippen LogP contribution in [0.1, 0.15) is 58.3 Å². The summed E-state index contributed by atoms with van der Waals surface area (Å²) in [6, 6.07) is 1.75. The number of rotatable bonds is 19. The van der Waals surface area contributed by atoms with Crippen molar-refractivity contribution >= 4 is 35.0 Å². The van der Waals surface area contributed by atoms with Crippen LogP contribution in [0.15, 0.2) is 0 Å². The second-order valence-electron chi connectivity index (χ2n) is 7.63. The van der Waals surface area contributed by atoms with Gasteiger partial charge in [-0.25, -0.2) is 9.59 Å². The number of alkyl carbamates (subject to hydrolysis) is 2. The van der Waals surface area contributed by atoms with E-state index in [-0.39, 0.29) is 26.1 Å². The maximum Gasteiger partial charge on any atom is 0.407 e. The van der Waals surface area contributed by atoms with Crippen LogP contribution in [0, 0.1) is 11.3 Å². The number of carbonyl (C=O) groups excluding carboxylic acids is 3. The molecule has 0 rings (SSSR count). The van der Waals surface area contributed by atoms with Crippen LogP contribution in [0.4, 0.5) is 22.8 Å². The lowest BCUT2D eigenvalue weighted by atomic mass is 10.2. The molecule has 0 aliphatic heterocycles. The Balaban J connectivity index is -0.000000641. The summed E-state index contributed by atoms with van der Waals surface area (Å²) in [5.41, 5.74) is 0. The van der Waals surface area contributed by atoms with Crippen LogP contribution in [0.3, 0.4) is 0 Å². The number of alkyl halides is 3. The first-order valence-electron chi connectivity index (χ1n) is 12.5. The first kappa shape index (κ1) is 41.7. The van der Waals surface area contributed by atoms with Gasteiger partial charge >= 0.3 is 24.3 Å². The summed E-state index contributed by atoms with van der Waals surface area (Å²) >= 11 is 0.298. The number of thioether (sulfide) groups is 1.